The van der Waals surface area contributed by atoms with Crippen molar-refractivity contribution < 1.29 is 14.2 Å². The largest absolute Gasteiger partial charge is 0.490 e. The number of guanidine groups is 1. The van der Waals surface area contributed by atoms with E-state index in [9.17, 15) is 0 Å². The van der Waals surface area contributed by atoms with Gasteiger partial charge in [-0.15, -0.1) is 0 Å². The molecule has 0 aromatic heterocycles. The molecule has 1 aromatic rings. The first-order valence-corrected chi connectivity index (χ1v) is 8.46. The van der Waals surface area contributed by atoms with Gasteiger partial charge in [-0.1, -0.05) is 20.8 Å². The fourth-order valence-electron chi connectivity index (χ4n) is 3.94. The molecule has 1 aliphatic heterocycles. The molecule has 3 atom stereocenters. The van der Waals surface area contributed by atoms with E-state index < -0.39 is 0 Å². The van der Waals surface area contributed by atoms with Crippen LogP contribution in [-0.2, 0) is 4.74 Å². The van der Waals surface area contributed by atoms with Gasteiger partial charge >= 0.3 is 0 Å². The number of fused-ring (bicyclic) bond motifs is 1. The van der Waals surface area contributed by atoms with E-state index in [2.05, 4.69) is 31.1 Å². The summed E-state index contributed by atoms with van der Waals surface area (Å²) in [6.07, 6.45) is 1.09. The van der Waals surface area contributed by atoms with E-state index in [1.165, 1.54) is 0 Å². The first kappa shape index (κ1) is 16.9. The molecule has 6 nitrogen and oxygen atoms in total. The third-order valence-corrected chi connectivity index (χ3v) is 5.02. The fourth-order valence-corrected chi connectivity index (χ4v) is 3.94. The molecule has 1 aliphatic carbocycles. The lowest BCUT2D eigenvalue weighted by molar-refractivity contribution is -0.132. The molecule has 1 saturated carbocycles. The topological polar surface area (TPSA) is 78.1 Å². The average molecular weight is 333 g/mol. The van der Waals surface area contributed by atoms with Gasteiger partial charge in [-0.3, -0.25) is 0 Å². The van der Waals surface area contributed by atoms with Crippen LogP contribution in [0.15, 0.2) is 23.2 Å². The second-order valence-corrected chi connectivity index (χ2v) is 7.13. The maximum atomic E-state index is 6.12. The lowest BCUT2D eigenvalue weighted by atomic mass is 9.58. The Kier molecular flexibility index (Phi) is 4.58. The summed E-state index contributed by atoms with van der Waals surface area (Å²) < 4.78 is 16.9. The molecule has 2 aliphatic rings. The Bertz CT molecular complexity index is 630. The molecular formula is C18H27N3O3. The van der Waals surface area contributed by atoms with Gasteiger partial charge in [-0.25, -0.2) is 4.99 Å². The summed E-state index contributed by atoms with van der Waals surface area (Å²) in [5, 5.41) is 3.15. The first-order chi connectivity index (χ1) is 11.4. The van der Waals surface area contributed by atoms with Gasteiger partial charge < -0.3 is 25.3 Å². The predicted molar refractivity (Wildman–Crippen MR) is 94.8 cm³/mol. The van der Waals surface area contributed by atoms with E-state index in [0.717, 1.165) is 23.6 Å². The van der Waals surface area contributed by atoms with E-state index in [1.54, 1.807) is 7.11 Å². The van der Waals surface area contributed by atoms with Crippen LogP contribution < -0.4 is 20.5 Å². The lowest BCUT2D eigenvalue weighted by Gasteiger charge is -2.54. The minimum Gasteiger partial charge on any atom is -0.490 e. The van der Waals surface area contributed by atoms with Crippen molar-refractivity contribution >= 4 is 11.6 Å². The van der Waals surface area contributed by atoms with Crippen molar-refractivity contribution in [3.05, 3.63) is 18.2 Å². The quantitative estimate of drug-likeness (QED) is 0.657. The number of methoxy groups -OCH3 is 1. The molecule has 6 heteroatoms. The highest BCUT2D eigenvalue weighted by Crippen LogP contribution is 2.48. The van der Waals surface area contributed by atoms with Crippen molar-refractivity contribution in [2.45, 2.75) is 39.3 Å². The molecule has 0 bridgehead atoms. The zero-order valence-electron chi connectivity index (χ0n) is 14.8. The van der Waals surface area contributed by atoms with Crippen LogP contribution in [0.25, 0.3) is 0 Å². The van der Waals surface area contributed by atoms with Gasteiger partial charge in [0.1, 0.15) is 0 Å². The summed E-state index contributed by atoms with van der Waals surface area (Å²) in [6.45, 7) is 7.81. The normalized spacial score (nSPS) is 28.7. The molecular weight excluding hydrogens is 306 g/mol. The van der Waals surface area contributed by atoms with E-state index in [4.69, 9.17) is 19.9 Å². The first-order valence-electron chi connectivity index (χ1n) is 8.46. The molecule has 0 saturated heterocycles. The van der Waals surface area contributed by atoms with Crippen molar-refractivity contribution in [3.63, 3.8) is 0 Å². The number of benzene rings is 1. The van der Waals surface area contributed by atoms with Gasteiger partial charge in [-0.05, 0) is 12.1 Å². The van der Waals surface area contributed by atoms with E-state index in [0.29, 0.717) is 25.1 Å². The third kappa shape index (κ3) is 3.02. The van der Waals surface area contributed by atoms with Gasteiger partial charge in [0.05, 0.1) is 25.4 Å². The highest BCUT2D eigenvalue weighted by molar-refractivity contribution is 5.92. The summed E-state index contributed by atoms with van der Waals surface area (Å²) in [5.74, 6) is 2.26. The summed E-state index contributed by atoms with van der Waals surface area (Å²) in [6, 6.07) is 5.85. The van der Waals surface area contributed by atoms with Crippen molar-refractivity contribution in [2.24, 2.45) is 22.1 Å². The van der Waals surface area contributed by atoms with Crippen LogP contribution in [0, 0.1) is 11.3 Å². The van der Waals surface area contributed by atoms with Crippen LogP contribution in [0.3, 0.4) is 0 Å². The monoisotopic (exact) mass is 333 g/mol. The fraction of sp³-hybridized carbons (Fsp3) is 0.611. The number of ether oxygens (including phenoxy) is 3. The highest BCUT2D eigenvalue weighted by Gasteiger charge is 2.54. The van der Waals surface area contributed by atoms with Crippen LogP contribution >= 0.6 is 0 Å². The molecule has 1 heterocycles. The Morgan fingerprint density at radius 1 is 1.29 bits per heavy atom. The number of nitrogens with zero attached hydrogens (tertiary/aromatic N) is 1. The molecule has 1 fully saturated rings. The second-order valence-electron chi connectivity index (χ2n) is 7.13. The van der Waals surface area contributed by atoms with E-state index >= 15 is 0 Å². The minimum atomic E-state index is -0.0226. The number of nitrogens with two attached hydrogens (primary N) is 1. The lowest BCUT2D eigenvalue weighted by Crippen LogP contribution is -2.61. The summed E-state index contributed by atoms with van der Waals surface area (Å²) in [5.41, 5.74) is 6.94. The predicted octanol–water partition coefficient (Wildman–Crippen LogP) is 2.63. The van der Waals surface area contributed by atoms with E-state index in [1.807, 2.05) is 18.2 Å². The maximum Gasteiger partial charge on any atom is 0.193 e. The van der Waals surface area contributed by atoms with Crippen LogP contribution in [0.5, 0.6) is 11.5 Å². The Morgan fingerprint density at radius 2 is 2.00 bits per heavy atom. The van der Waals surface area contributed by atoms with Gasteiger partial charge in [-0.2, -0.15) is 0 Å². The zero-order chi connectivity index (χ0) is 17.3. The standard InChI is InChI=1S/C18H27N3O3/c1-11-15(18(2,3)16(11)22-4)21-17(19)20-12-6-7-13-14(10-12)24-9-5-8-23-13/h6-7,10-11,15-16H,5,8-9H2,1-4H3,(H3,19,20,21). The van der Waals surface area contributed by atoms with Crippen molar-refractivity contribution in [1.82, 2.24) is 0 Å². The average Bonchev–Trinajstić information content (AvgIpc) is 2.77. The number of hydrogen-bond donors (Lipinski definition) is 2. The van der Waals surface area contributed by atoms with Gasteiger partial charge in [0, 0.05) is 36.6 Å². The Hall–Kier alpha value is -1.95. The van der Waals surface area contributed by atoms with Crippen molar-refractivity contribution in [3.8, 4) is 11.5 Å². The number of rotatable bonds is 3. The molecule has 3 unspecified atom stereocenters. The second kappa shape index (κ2) is 6.51. The number of anilines is 1. The van der Waals surface area contributed by atoms with Gasteiger partial charge in [0.15, 0.2) is 17.5 Å². The van der Waals surface area contributed by atoms with Crippen molar-refractivity contribution in [1.29, 1.82) is 0 Å². The van der Waals surface area contributed by atoms with Gasteiger partial charge in [0.2, 0.25) is 0 Å². The molecule has 3 rings (SSSR count). The molecule has 132 valence electrons. The Balaban J connectivity index is 1.71. The molecule has 0 spiro atoms. The molecule has 24 heavy (non-hydrogen) atoms. The van der Waals surface area contributed by atoms with Crippen LogP contribution in [-0.4, -0.2) is 38.4 Å². The molecule has 3 N–H and O–H groups in total. The Labute approximate surface area is 143 Å². The highest BCUT2D eigenvalue weighted by atomic mass is 16.5. The smallest absolute Gasteiger partial charge is 0.193 e. The number of hydrogen-bond acceptors (Lipinski definition) is 4. The summed E-state index contributed by atoms with van der Waals surface area (Å²) in [7, 11) is 1.75. The van der Waals surface area contributed by atoms with Gasteiger partial charge in [0.25, 0.3) is 0 Å². The number of nitrogens with one attached hydrogen (secondary N) is 1. The minimum absolute atomic E-state index is 0.0226. The zero-order valence-corrected chi connectivity index (χ0v) is 14.8. The molecule has 0 amide bonds. The number of aliphatic imine (C=N–C) groups is 1. The third-order valence-electron chi connectivity index (χ3n) is 5.02. The molecule has 0 radical (unpaired) electrons. The van der Waals surface area contributed by atoms with Crippen LogP contribution in [0.1, 0.15) is 27.2 Å². The Morgan fingerprint density at radius 3 is 2.67 bits per heavy atom. The van der Waals surface area contributed by atoms with Crippen molar-refractivity contribution in [2.75, 3.05) is 25.6 Å². The SMILES string of the molecule is COC1C(C)C(N=C(N)Nc2ccc3c(c2)OCCCO3)C1(C)C. The molecule has 1 aromatic carbocycles. The van der Waals surface area contributed by atoms with E-state index in [-0.39, 0.29) is 17.6 Å². The van der Waals surface area contributed by atoms with Crippen LogP contribution in [0.4, 0.5) is 5.69 Å². The van der Waals surface area contributed by atoms with Crippen LogP contribution in [0.2, 0.25) is 0 Å². The summed E-state index contributed by atoms with van der Waals surface area (Å²) in [4.78, 5) is 4.67. The summed E-state index contributed by atoms with van der Waals surface area (Å²) >= 11 is 0. The maximum absolute atomic E-state index is 6.12.